The minimum absolute atomic E-state index is 0.0910. The number of amides is 1. The first kappa shape index (κ1) is 17.7. The number of benzene rings is 1. The molecule has 4 rings (SSSR count). The minimum Gasteiger partial charge on any atom is -0.364 e. The van der Waals surface area contributed by atoms with E-state index in [1.54, 1.807) is 34.8 Å². The topological polar surface area (TPSA) is 123 Å². The second-order valence-corrected chi connectivity index (χ2v) is 7.64. The van der Waals surface area contributed by atoms with Crippen LogP contribution in [0.1, 0.15) is 16.7 Å². The van der Waals surface area contributed by atoms with Crippen molar-refractivity contribution in [1.29, 1.82) is 0 Å². The molecule has 0 radical (unpaired) electrons. The number of aromatic nitrogens is 3. The molecule has 1 amide bonds. The second-order valence-electron chi connectivity index (χ2n) is 5.83. The van der Waals surface area contributed by atoms with Crippen LogP contribution in [0.5, 0.6) is 0 Å². The molecule has 1 aliphatic rings. The first-order chi connectivity index (χ1) is 13.1. The minimum atomic E-state index is -0.912. The van der Waals surface area contributed by atoms with Gasteiger partial charge in [0.2, 0.25) is 0 Å². The van der Waals surface area contributed by atoms with E-state index in [2.05, 4.69) is 20.5 Å². The Morgan fingerprint density at radius 3 is 2.81 bits per heavy atom. The fourth-order valence-electron chi connectivity index (χ4n) is 3.16. The monoisotopic (exact) mass is 402 g/mol. The normalized spacial score (nSPS) is 19.0. The molecule has 7 nitrogen and oxygen atoms in total. The molecule has 3 heterocycles. The SMILES string of the molecule is NCc1c(C2(c3cn[nH]c3)NC(C(N)=O)=CS2)ccc(F)c1-c1cscn1. The van der Waals surface area contributed by atoms with Crippen molar-refractivity contribution in [3.05, 3.63) is 69.0 Å². The first-order valence-electron chi connectivity index (χ1n) is 7.92. The third kappa shape index (κ3) is 2.82. The summed E-state index contributed by atoms with van der Waals surface area (Å²) in [6, 6.07) is 3.05. The number of thiazole rings is 1. The molecule has 1 aliphatic heterocycles. The van der Waals surface area contributed by atoms with Crippen molar-refractivity contribution >= 4 is 29.0 Å². The molecule has 0 saturated carbocycles. The number of rotatable bonds is 5. The molecule has 27 heavy (non-hydrogen) atoms. The van der Waals surface area contributed by atoms with Gasteiger partial charge in [-0.25, -0.2) is 9.37 Å². The molecule has 1 aromatic carbocycles. The number of hydrogen-bond acceptors (Lipinski definition) is 7. The predicted molar refractivity (Wildman–Crippen MR) is 103 cm³/mol. The fraction of sp³-hybridized carbons (Fsp3) is 0.118. The molecule has 10 heteroatoms. The van der Waals surface area contributed by atoms with Gasteiger partial charge in [0.15, 0.2) is 0 Å². The molecule has 0 saturated heterocycles. The quantitative estimate of drug-likeness (QED) is 0.518. The third-order valence-corrected chi connectivity index (χ3v) is 6.22. The fourth-order valence-corrected chi connectivity index (χ4v) is 4.91. The first-order valence-corrected chi connectivity index (χ1v) is 9.74. The highest BCUT2D eigenvalue weighted by atomic mass is 32.2. The van der Waals surface area contributed by atoms with Crippen molar-refractivity contribution in [3.63, 3.8) is 0 Å². The molecular formula is C17H15FN6OS2. The maximum Gasteiger partial charge on any atom is 0.265 e. The Kier molecular flexibility index (Phi) is 4.46. The van der Waals surface area contributed by atoms with Gasteiger partial charge in [-0.2, -0.15) is 5.10 Å². The lowest BCUT2D eigenvalue weighted by molar-refractivity contribution is -0.114. The predicted octanol–water partition coefficient (Wildman–Crippen LogP) is 2.00. The van der Waals surface area contributed by atoms with E-state index >= 15 is 0 Å². The molecule has 0 fully saturated rings. The van der Waals surface area contributed by atoms with Crippen LogP contribution in [0, 0.1) is 5.82 Å². The summed E-state index contributed by atoms with van der Waals surface area (Å²) in [5, 5.41) is 13.4. The van der Waals surface area contributed by atoms with Gasteiger partial charge >= 0.3 is 0 Å². The van der Waals surface area contributed by atoms with Crippen molar-refractivity contribution in [2.45, 2.75) is 11.4 Å². The van der Waals surface area contributed by atoms with Crippen molar-refractivity contribution in [1.82, 2.24) is 20.5 Å². The molecule has 0 aliphatic carbocycles. The Morgan fingerprint density at radius 2 is 2.22 bits per heavy atom. The molecule has 1 unspecified atom stereocenters. The Hall–Kier alpha value is -2.69. The number of carbonyl (C=O) groups is 1. The summed E-state index contributed by atoms with van der Waals surface area (Å²) in [6.45, 7) is 0.0910. The number of nitrogens with one attached hydrogen (secondary N) is 2. The van der Waals surface area contributed by atoms with E-state index in [1.807, 2.05) is 0 Å². The number of halogens is 1. The van der Waals surface area contributed by atoms with Crippen LogP contribution in [0.25, 0.3) is 11.3 Å². The van der Waals surface area contributed by atoms with Gasteiger partial charge in [-0.05, 0) is 17.2 Å². The lowest BCUT2D eigenvalue weighted by Crippen LogP contribution is -2.40. The Labute approximate surface area is 162 Å². The number of thioether (sulfide) groups is 1. The number of nitrogens with two attached hydrogens (primary N) is 2. The van der Waals surface area contributed by atoms with Gasteiger partial charge in [-0.1, -0.05) is 17.8 Å². The van der Waals surface area contributed by atoms with Gasteiger partial charge < -0.3 is 16.8 Å². The van der Waals surface area contributed by atoms with Crippen LogP contribution in [-0.4, -0.2) is 21.1 Å². The highest BCUT2D eigenvalue weighted by molar-refractivity contribution is 8.03. The van der Waals surface area contributed by atoms with Crippen LogP contribution in [0.2, 0.25) is 0 Å². The smallest absolute Gasteiger partial charge is 0.265 e. The average molecular weight is 402 g/mol. The van der Waals surface area contributed by atoms with Crippen molar-refractivity contribution in [2.75, 3.05) is 0 Å². The zero-order chi connectivity index (χ0) is 19.0. The molecule has 0 spiro atoms. The molecule has 6 N–H and O–H groups in total. The van der Waals surface area contributed by atoms with Crippen LogP contribution in [0.3, 0.4) is 0 Å². The number of hydrogen-bond donors (Lipinski definition) is 4. The van der Waals surface area contributed by atoms with E-state index in [-0.39, 0.29) is 12.2 Å². The van der Waals surface area contributed by atoms with Crippen molar-refractivity contribution in [3.8, 4) is 11.3 Å². The largest absolute Gasteiger partial charge is 0.364 e. The van der Waals surface area contributed by atoms with Crippen LogP contribution in [0.15, 0.2) is 46.5 Å². The van der Waals surface area contributed by atoms with E-state index in [0.29, 0.717) is 22.4 Å². The Morgan fingerprint density at radius 1 is 1.37 bits per heavy atom. The van der Waals surface area contributed by atoms with Crippen LogP contribution < -0.4 is 16.8 Å². The molecule has 3 aromatic rings. The summed E-state index contributed by atoms with van der Waals surface area (Å²) in [4.78, 5) is 15.0. The van der Waals surface area contributed by atoms with E-state index in [9.17, 15) is 9.18 Å². The summed E-state index contributed by atoms with van der Waals surface area (Å²) in [5.74, 6) is -0.984. The number of carbonyl (C=O) groups excluding carboxylic acids is 1. The molecule has 2 aromatic heterocycles. The van der Waals surface area contributed by atoms with Gasteiger partial charge in [-0.3, -0.25) is 9.89 Å². The summed E-state index contributed by atoms with van der Waals surface area (Å²) in [5.41, 5.74) is 16.3. The molecule has 138 valence electrons. The molecule has 0 bridgehead atoms. The number of primary amides is 1. The van der Waals surface area contributed by atoms with Gasteiger partial charge in [0.05, 0.1) is 17.4 Å². The van der Waals surface area contributed by atoms with Gasteiger partial charge in [0.25, 0.3) is 5.91 Å². The van der Waals surface area contributed by atoms with E-state index in [4.69, 9.17) is 11.5 Å². The van der Waals surface area contributed by atoms with Crippen LogP contribution in [0.4, 0.5) is 4.39 Å². The van der Waals surface area contributed by atoms with E-state index in [1.165, 1.54) is 29.2 Å². The zero-order valence-electron chi connectivity index (χ0n) is 13.9. The van der Waals surface area contributed by atoms with E-state index < -0.39 is 16.6 Å². The standard InChI is InChI=1S/C17H15FN6OS2/c18-12-2-1-11(10(3-19)15(12)13-6-26-8-21-13)17(9-4-22-23-5-9)24-14(7-27-17)16(20)25/h1-2,4-8,24H,3,19H2,(H2,20,25)(H,22,23). The molecular weight excluding hydrogens is 387 g/mol. The summed E-state index contributed by atoms with van der Waals surface area (Å²) < 4.78 is 14.7. The van der Waals surface area contributed by atoms with Crippen LogP contribution in [-0.2, 0) is 16.2 Å². The van der Waals surface area contributed by atoms with Crippen molar-refractivity contribution < 1.29 is 9.18 Å². The number of nitrogens with zero attached hydrogens (tertiary/aromatic N) is 2. The summed E-state index contributed by atoms with van der Waals surface area (Å²) in [7, 11) is 0. The molecule has 1 atom stereocenters. The van der Waals surface area contributed by atoms with Gasteiger partial charge in [-0.15, -0.1) is 11.3 Å². The Balaban J connectivity index is 1.95. The summed E-state index contributed by atoms with van der Waals surface area (Å²) >= 11 is 2.72. The maximum atomic E-state index is 14.7. The average Bonchev–Trinajstić information content (AvgIpc) is 3.41. The van der Waals surface area contributed by atoms with Crippen LogP contribution >= 0.6 is 23.1 Å². The maximum absolute atomic E-state index is 14.7. The number of aromatic amines is 1. The highest BCUT2D eigenvalue weighted by Crippen LogP contribution is 2.48. The van der Waals surface area contributed by atoms with Gasteiger partial charge in [0.1, 0.15) is 16.4 Å². The zero-order valence-corrected chi connectivity index (χ0v) is 15.5. The number of H-pyrrole nitrogens is 1. The van der Waals surface area contributed by atoms with Crippen molar-refractivity contribution in [2.24, 2.45) is 11.5 Å². The van der Waals surface area contributed by atoms with E-state index in [0.717, 1.165) is 5.56 Å². The second kappa shape index (κ2) is 6.80. The summed E-state index contributed by atoms with van der Waals surface area (Å²) in [6.07, 6.45) is 3.36. The Bertz CT molecular complexity index is 1020. The third-order valence-electron chi connectivity index (χ3n) is 4.37. The lowest BCUT2D eigenvalue weighted by atomic mass is 9.90. The van der Waals surface area contributed by atoms with Gasteiger partial charge in [0, 0.05) is 34.7 Å². The lowest BCUT2D eigenvalue weighted by Gasteiger charge is -2.32. The highest BCUT2D eigenvalue weighted by Gasteiger charge is 2.43.